The van der Waals surface area contributed by atoms with Crippen LogP contribution in [0.5, 0.6) is 0 Å². The molecule has 86 valence electrons. The summed E-state index contributed by atoms with van der Waals surface area (Å²) in [5.41, 5.74) is 5.78. The molecule has 1 aromatic rings. The number of nitrogens with zero attached hydrogens (tertiary/aromatic N) is 3. The Kier molecular flexibility index (Phi) is 3.03. The Hall–Kier alpha value is -1.65. The minimum absolute atomic E-state index is 0.0347. The molecule has 0 unspecified atom stereocenters. The number of hydrogen-bond donors (Lipinski definition) is 2. The van der Waals surface area contributed by atoms with E-state index in [0.29, 0.717) is 11.7 Å². The van der Waals surface area contributed by atoms with E-state index < -0.39 is 0 Å². The number of rotatable bonds is 5. The topological polar surface area (TPSA) is 78.9 Å². The first-order chi connectivity index (χ1) is 7.72. The van der Waals surface area contributed by atoms with Gasteiger partial charge in [-0.1, -0.05) is 6.92 Å². The third kappa shape index (κ3) is 2.29. The molecule has 0 aliphatic heterocycles. The quantitative estimate of drug-likeness (QED) is 0.575. The van der Waals surface area contributed by atoms with E-state index in [9.17, 15) is 0 Å². The van der Waals surface area contributed by atoms with Crippen molar-refractivity contribution >= 4 is 11.7 Å². The fraction of sp³-hybridized carbons (Fsp3) is 0.545. The van der Waals surface area contributed by atoms with Crippen molar-refractivity contribution in [1.29, 1.82) is 5.41 Å². The number of aromatic nitrogens is 2. The van der Waals surface area contributed by atoms with Crippen molar-refractivity contribution in [3.8, 4) is 0 Å². The van der Waals surface area contributed by atoms with Gasteiger partial charge in [0, 0.05) is 12.6 Å². The van der Waals surface area contributed by atoms with E-state index in [4.69, 9.17) is 11.1 Å². The molecular weight excluding hydrogens is 202 g/mol. The van der Waals surface area contributed by atoms with Crippen molar-refractivity contribution in [3.63, 3.8) is 0 Å². The van der Waals surface area contributed by atoms with Gasteiger partial charge in [-0.05, 0) is 19.3 Å². The minimum atomic E-state index is -0.0347. The molecule has 1 aliphatic rings. The average molecular weight is 219 g/mol. The first-order valence-corrected chi connectivity index (χ1v) is 5.65. The highest BCUT2D eigenvalue weighted by atomic mass is 15.2. The lowest BCUT2D eigenvalue weighted by Gasteiger charge is -2.22. The zero-order valence-electron chi connectivity index (χ0n) is 9.48. The van der Waals surface area contributed by atoms with E-state index in [0.717, 1.165) is 18.8 Å². The van der Waals surface area contributed by atoms with Gasteiger partial charge in [-0.3, -0.25) is 5.41 Å². The van der Waals surface area contributed by atoms with Crippen molar-refractivity contribution < 1.29 is 0 Å². The molecule has 0 amide bonds. The maximum atomic E-state index is 7.25. The van der Waals surface area contributed by atoms with Crippen LogP contribution in [0, 0.1) is 5.41 Å². The molecule has 5 heteroatoms. The number of nitrogens with two attached hydrogens (primary N) is 1. The zero-order chi connectivity index (χ0) is 11.5. The lowest BCUT2D eigenvalue weighted by atomic mass is 10.3. The molecule has 1 aromatic heterocycles. The normalized spacial score (nSPS) is 14.8. The van der Waals surface area contributed by atoms with Crippen LogP contribution in [0.1, 0.15) is 31.9 Å². The Balaban J connectivity index is 2.14. The number of nitrogen functional groups attached to an aromatic ring is 1. The summed E-state index contributed by atoms with van der Waals surface area (Å²) < 4.78 is 0. The van der Waals surface area contributed by atoms with Crippen molar-refractivity contribution in [1.82, 2.24) is 9.97 Å². The van der Waals surface area contributed by atoms with Crippen LogP contribution in [-0.4, -0.2) is 28.4 Å². The SMILES string of the molecule is CCCN(c1cnc(C(=N)N)cn1)C1CC1. The van der Waals surface area contributed by atoms with Crippen LogP contribution < -0.4 is 10.6 Å². The third-order valence-electron chi connectivity index (χ3n) is 2.66. The third-order valence-corrected chi connectivity index (χ3v) is 2.66. The van der Waals surface area contributed by atoms with E-state index in [-0.39, 0.29) is 5.84 Å². The van der Waals surface area contributed by atoms with E-state index in [2.05, 4.69) is 21.8 Å². The Bertz CT molecular complexity index is 368. The number of hydrogen-bond acceptors (Lipinski definition) is 4. The summed E-state index contributed by atoms with van der Waals surface area (Å²) in [4.78, 5) is 10.7. The lowest BCUT2D eigenvalue weighted by molar-refractivity contribution is 0.747. The predicted molar refractivity (Wildman–Crippen MR) is 63.7 cm³/mol. The van der Waals surface area contributed by atoms with Gasteiger partial charge in [0.15, 0.2) is 0 Å². The van der Waals surface area contributed by atoms with E-state index in [1.54, 1.807) is 12.4 Å². The van der Waals surface area contributed by atoms with Gasteiger partial charge in [0.1, 0.15) is 17.3 Å². The van der Waals surface area contributed by atoms with Crippen LogP contribution in [0.3, 0.4) is 0 Å². The highest BCUT2D eigenvalue weighted by Gasteiger charge is 2.29. The predicted octanol–water partition coefficient (Wildman–Crippen LogP) is 1.14. The van der Waals surface area contributed by atoms with Crippen LogP contribution in [-0.2, 0) is 0 Å². The summed E-state index contributed by atoms with van der Waals surface area (Å²) in [5, 5.41) is 7.25. The van der Waals surface area contributed by atoms with E-state index in [1.807, 2.05) is 0 Å². The maximum Gasteiger partial charge on any atom is 0.147 e. The molecule has 0 atom stereocenters. The molecular formula is C11H17N5. The standard InChI is InChI=1S/C11H17N5/c1-2-5-16(8-3-4-8)10-7-14-9(6-15-10)11(12)13/h6-8H,2-5H2,1H3,(H3,12,13). The molecule has 5 nitrogen and oxygen atoms in total. The first-order valence-electron chi connectivity index (χ1n) is 5.65. The monoisotopic (exact) mass is 219 g/mol. The van der Waals surface area contributed by atoms with Gasteiger partial charge < -0.3 is 10.6 Å². The average Bonchev–Trinajstić information content (AvgIpc) is 3.10. The molecule has 1 fully saturated rings. The fourth-order valence-corrected chi connectivity index (χ4v) is 1.72. The van der Waals surface area contributed by atoms with Crippen molar-refractivity contribution in [3.05, 3.63) is 18.1 Å². The number of amidine groups is 1. The molecule has 1 saturated carbocycles. The second-order valence-electron chi connectivity index (χ2n) is 4.10. The molecule has 0 bridgehead atoms. The Morgan fingerprint density at radius 3 is 2.69 bits per heavy atom. The summed E-state index contributed by atoms with van der Waals surface area (Å²) in [5.74, 6) is 0.863. The Morgan fingerprint density at radius 1 is 1.50 bits per heavy atom. The van der Waals surface area contributed by atoms with Gasteiger partial charge >= 0.3 is 0 Å². The Morgan fingerprint density at radius 2 is 2.25 bits per heavy atom. The summed E-state index contributed by atoms with van der Waals surface area (Å²) in [6.45, 7) is 3.17. The van der Waals surface area contributed by atoms with Gasteiger partial charge in [-0.2, -0.15) is 0 Å². The van der Waals surface area contributed by atoms with Crippen LogP contribution in [0.25, 0.3) is 0 Å². The van der Waals surface area contributed by atoms with E-state index >= 15 is 0 Å². The molecule has 0 radical (unpaired) electrons. The highest BCUT2D eigenvalue weighted by Crippen LogP contribution is 2.30. The van der Waals surface area contributed by atoms with Gasteiger partial charge in [0.25, 0.3) is 0 Å². The van der Waals surface area contributed by atoms with Crippen molar-refractivity contribution in [2.24, 2.45) is 5.73 Å². The Labute approximate surface area is 95.2 Å². The largest absolute Gasteiger partial charge is 0.382 e. The smallest absolute Gasteiger partial charge is 0.147 e. The zero-order valence-corrected chi connectivity index (χ0v) is 9.48. The molecule has 16 heavy (non-hydrogen) atoms. The molecule has 1 aliphatic carbocycles. The lowest BCUT2D eigenvalue weighted by Crippen LogP contribution is -2.27. The maximum absolute atomic E-state index is 7.25. The van der Waals surface area contributed by atoms with Crippen LogP contribution in [0.15, 0.2) is 12.4 Å². The van der Waals surface area contributed by atoms with Gasteiger partial charge in [-0.15, -0.1) is 0 Å². The molecule has 3 N–H and O–H groups in total. The van der Waals surface area contributed by atoms with Crippen molar-refractivity contribution in [2.45, 2.75) is 32.2 Å². The molecule has 0 saturated heterocycles. The van der Waals surface area contributed by atoms with Gasteiger partial charge in [-0.25, -0.2) is 9.97 Å². The van der Waals surface area contributed by atoms with Crippen LogP contribution >= 0.6 is 0 Å². The number of nitrogens with one attached hydrogen (secondary N) is 1. The van der Waals surface area contributed by atoms with E-state index in [1.165, 1.54) is 12.8 Å². The van der Waals surface area contributed by atoms with Crippen molar-refractivity contribution in [2.75, 3.05) is 11.4 Å². The van der Waals surface area contributed by atoms with Gasteiger partial charge in [0.2, 0.25) is 0 Å². The molecule has 0 spiro atoms. The summed E-state index contributed by atoms with van der Waals surface area (Å²) >= 11 is 0. The second-order valence-corrected chi connectivity index (χ2v) is 4.10. The molecule has 0 aromatic carbocycles. The number of anilines is 1. The summed E-state index contributed by atoms with van der Waals surface area (Å²) in [6, 6.07) is 0.637. The van der Waals surface area contributed by atoms with Gasteiger partial charge in [0.05, 0.1) is 12.4 Å². The summed E-state index contributed by atoms with van der Waals surface area (Å²) in [6.07, 6.45) is 6.88. The fourth-order valence-electron chi connectivity index (χ4n) is 1.72. The molecule has 2 rings (SSSR count). The minimum Gasteiger partial charge on any atom is -0.382 e. The molecule has 1 heterocycles. The van der Waals surface area contributed by atoms with Crippen LogP contribution in [0.2, 0.25) is 0 Å². The summed E-state index contributed by atoms with van der Waals surface area (Å²) in [7, 11) is 0. The van der Waals surface area contributed by atoms with Crippen LogP contribution in [0.4, 0.5) is 5.82 Å². The second kappa shape index (κ2) is 4.47. The highest BCUT2D eigenvalue weighted by molar-refractivity contribution is 5.92. The first kappa shape index (κ1) is 10.9.